The minimum Gasteiger partial charge on any atom is -0.508 e. The van der Waals surface area contributed by atoms with E-state index in [1.54, 1.807) is 32.8 Å². The summed E-state index contributed by atoms with van der Waals surface area (Å²) in [5.41, 5.74) is 2.16. The van der Waals surface area contributed by atoms with Crippen molar-refractivity contribution >= 4 is 32.9 Å². The van der Waals surface area contributed by atoms with Gasteiger partial charge in [-0.05, 0) is 17.7 Å². The molecule has 0 aliphatic heterocycles. The molecule has 1 nitrogen and oxygen atoms in total. The highest BCUT2D eigenvalue weighted by Crippen LogP contribution is 2.28. The van der Waals surface area contributed by atoms with Gasteiger partial charge in [-0.25, -0.2) is 0 Å². The molecule has 13 heavy (non-hydrogen) atoms. The molecule has 2 rings (SSSR count). The third-order valence-corrected chi connectivity index (χ3v) is 4.35. The third-order valence-electron chi connectivity index (χ3n) is 1.69. The molecule has 0 fully saturated rings. The summed E-state index contributed by atoms with van der Waals surface area (Å²) in [5.74, 6) is 0.286. The van der Waals surface area contributed by atoms with Gasteiger partial charge in [-0.3, -0.25) is 0 Å². The van der Waals surface area contributed by atoms with Gasteiger partial charge < -0.3 is 5.11 Å². The van der Waals surface area contributed by atoms with Gasteiger partial charge in [0, 0.05) is 10.9 Å². The van der Waals surface area contributed by atoms with Crippen molar-refractivity contribution in [2.45, 2.75) is 0 Å². The van der Waals surface area contributed by atoms with Crippen LogP contribution in [0, 0.1) is 3.82 Å². The number of hydrogen-bond acceptors (Lipinski definition) is 4. The van der Waals surface area contributed by atoms with Gasteiger partial charge in [-0.15, -0.1) is 0 Å². The van der Waals surface area contributed by atoms with Crippen molar-refractivity contribution in [1.29, 1.82) is 0 Å². The van der Waals surface area contributed by atoms with Crippen molar-refractivity contribution in [2.75, 3.05) is 0 Å². The largest absolute Gasteiger partial charge is 0.508 e. The van der Waals surface area contributed by atoms with Gasteiger partial charge >= 0.3 is 0 Å². The Morgan fingerprint density at radius 1 is 1.15 bits per heavy atom. The molecule has 0 spiro atoms. The molecule has 0 aliphatic rings. The molecule has 0 atom stereocenters. The maximum atomic E-state index is 9.10. The van der Waals surface area contributed by atoms with Crippen LogP contribution >= 0.6 is 32.9 Å². The Hall–Kier alpha value is -0.710. The SMILES string of the molecule is Oc1ccc(-c2cssc2=S)cc1. The van der Waals surface area contributed by atoms with Gasteiger partial charge in [0.25, 0.3) is 0 Å². The van der Waals surface area contributed by atoms with E-state index in [1.807, 2.05) is 17.5 Å². The number of hydrogen-bond donors (Lipinski definition) is 1. The van der Waals surface area contributed by atoms with Gasteiger partial charge in [0.15, 0.2) is 0 Å². The van der Waals surface area contributed by atoms with Crippen LogP contribution in [-0.4, -0.2) is 5.11 Å². The van der Waals surface area contributed by atoms with Crippen LogP contribution < -0.4 is 0 Å². The van der Waals surface area contributed by atoms with E-state index in [9.17, 15) is 0 Å². The summed E-state index contributed by atoms with van der Waals surface area (Å²) >= 11 is 5.17. The standard InChI is InChI=1S/C9H6OS3/c10-7-3-1-6(2-4-7)8-5-12-13-9(8)11/h1-5,10H. The van der Waals surface area contributed by atoms with E-state index in [1.165, 1.54) is 0 Å². The lowest BCUT2D eigenvalue weighted by molar-refractivity contribution is 0.475. The fourth-order valence-corrected chi connectivity index (χ4v) is 3.43. The number of benzene rings is 1. The summed E-state index contributed by atoms with van der Waals surface area (Å²) in [5, 5.41) is 11.1. The van der Waals surface area contributed by atoms with Gasteiger partial charge in [-0.1, -0.05) is 45.0 Å². The Labute approximate surface area is 88.3 Å². The Balaban J connectivity index is 2.54. The second kappa shape index (κ2) is 3.57. The van der Waals surface area contributed by atoms with Crippen LogP contribution in [0.2, 0.25) is 0 Å². The lowest BCUT2D eigenvalue weighted by atomic mass is 10.1. The van der Waals surface area contributed by atoms with Gasteiger partial charge in [0.2, 0.25) is 0 Å². The third kappa shape index (κ3) is 1.80. The Morgan fingerprint density at radius 2 is 1.85 bits per heavy atom. The molecule has 4 heteroatoms. The smallest absolute Gasteiger partial charge is 0.115 e. The quantitative estimate of drug-likeness (QED) is 0.587. The van der Waals surface area contributed by atoms with E-state index in [4.69, 9.17) is 17.3 Å². The van der Waals surface area contributed by atoms with Crippen LogP contribution in [0.5, 0.6) is 5.75 Å². The zero-order chi connectivity index (χ0) is 9.26. The summed E-state index contributed by atoms with van der Waals surface area (Å²) < 4.78 is 0.913. The van der Waals surface area contributed by atoms with E-state index in [0.29, 0.717) is 0 Å². The summed E-state index contributed by atoms with van der Waals surface area (Å²) in [6.45, 7) is 0. The van der Waals surface area contributed by atoms with E-state index >= 15 is 0 Å². The van der Waals surface area contributed by atoms with Crippen LogP contribution in [0.3, 0.4) is 0 Å². The van der Waals surface area contributed by atoms with Gasteiger partial charge in [0.05, 0.1) is 0 Å². The monoisotopic (exact) mass is 226 g/mol. The number of phenols is 1. The fourth-order valence-electron chi connectivity index (χ4n) is 1.04. The summed E-state index contributed by atoms with van der Waals surface area (Å²) in [6.07, 6.45) is 0. The second-order valence-corrected chi connectivity index (χ2v) is 5.29. The van der Waals surface area contributed by atoms with Gasteiger partial charge in [-0.2, -0.15) is 0 Å². The highest BCUT2D eigenvalue weighted by molar-refractivity contribution is 7.79. The van der Waals surface area contributed by atoms with Gasteiger partial charge in [0.1, 0.15) is 9.57 Å². The van der Waals surface area contributed by atoms with Crippen molar-refractivity contribution in [1.82, 2.24) is 0 Å². The zero-order valence-electron chi connectivity index (χ0n) is 6.56. The highest BCUT2D eigenvalue weighted by atomic mass is 32.9. The molecule has 1 N–H and O–H groups in total. The molecule has 0 radical (unpaired) electrons. The summed E-state index contributed by atoms with van der Waals surface area (Å²) in [4.78, 5) is 0. The Morgan fingerprint density at radius 3 is 2.38 bits per heavy atom. The predicted molar refractivity (Wildman–Crippen MR) is 60.1 cm³/mol. The molecule has 66 valence electrons. The molecule has 2 aromatic rings. The normalized spacial score (nSPS) is 10.2. The average Bonchev–Trinajstić information content (AvgIpc) is 2.53. The van der Waals surface area contributed by atoms with Crippen molar-refractivity contribution in [2.24, 2.45) is 0 Å². The molecular weight excluding hydrogens is 220 g/mol. The molecule has 1 aromatic carbocycles. The lowest BCUT2D eigenvalue weighted by Gasteiger charge is -1.96. The van der Waals surface area contributed by atoms with Crippen LogP contribution in [0.25, 0.3) is 11.1 Å². The van der Waals surface area contributed by atoms with Crippen LogP contribution in [0.1, 0.15) is 0 Å². The Kier molecular flexibility index (Phi) is 2.44. The number of rotatable bonds is 1. The zero-order valence-corrected chi connectivity index (χ0v) is 9.01. The predicted octanol–water partition coefficient (Wildman–Crippen LogP) is 3.91. The van der Waals surface area contributed by atoms with Crippen LogP contribution in [0.4, 0.5) is 0 Å². The molecule has 0 unspecified atom stereocenters. The molecule has 0 bridgehead atoms. The van der Waals surface area contributed by atoms with Crippen molar-refractivity contribution in [3.8, 4) is 16.9 Å². The molecule has 0 saturated heterocycles. The molecule has 0 amide bonds. The average molecular weight is 226 g/mol. The molecular formula is C9H6OS3. The Bertz CT molecular complexity index is 452. The highest BCUT2D eigenvalue weighted by Gasteiger charge is 2.00. The fraction of sp³-hybridized carbons (Fsp3) is 0. The van der Waals surface area contributed by atoms with E-state index in [0.717, 1.165) is 15.0 Å². The van der Waals surface area contributed by atoms with Crippen molar-refractivity contribution in [3.63, 3.8) is 0 Å². The number of phenolic OH excluding ortho intramolecular Hbond substituents is 1. The molecule has 1 aromatic heterocycles. The van der Waals surface area contributed by atoms with E-state index < -0.39 is 0 Å². The second-order valence-electron chi connectivity index (χ2n) is 2.55. The minimum atomic E-state index is 0.286. The topological polar surface area (TPSA) is 20.2 Å². The van der Waals surface area contributed by atoms with Crippen LogP contribution in [0.15, 0.2) is 29.6 Å². The molecule has 0 saturated carbocycles. The molecule has 1 heterocycles. The first kappa shape index (κ1) is 8.87. The number of aromatic hydroxyl groups is 1. The minimum absolute atomic E-state index is 0.286. The summed E-state index contributed by atoms with van der Waals surface area (Å²) in [7, 11) is 3.24. The van der Waals surface area contributed by atoms with Crippen LogP contribution in [-0.2, 0) is 0 Å². The lowest BCUT2D eigenvalue weighted by Crippen LogP contribution is -1.72. The summed E-state index contributed by atoms with van der Waals surface area (Å²) in [6, 6.07) is 7.10. The molecule has 0 aliphatic carbocycles. The first-order valence-corrected chi connectivity index (χ1v) is 6.27. The van der Waals surface area contributed by atoms with E-state index in [2.05, 4.69) is 0 Å². The van der Waals surface area contributed by atoms with E-state index in [-0.39, 0.29) is 5.75 Å². The first-order chi connectivity index (χ1) is 6.27. The first-order valence-electron chi connectivity index (χ1n) is 3.64. The maximum absolute atomic E-state index is 9.10. The van der Waals surface area contributed by atoms with Crippen molar-refractivity contribution in [3.05, 3.63) is 33.5 Å². The van der Waals surface area contributed by atoms with Crippen molar-refractivity contribution < 1.29 is 5.11 Å². The maximum Gasteiger partial charge on any atom is 0.115 e.